The summed E-state index contributed by atoms with van der Waals surface area (Å²) in [6.45, 7) is 4.01. The number of nitrogens with zero attached hydrogens (tertiary/aromatic N) is 1. The number of aliphatic carboxylic acids is 1. The minimum Gasteiger partial charge on any atom is -0.481 e. The van der Waals surface area contributed by atoms with Crippen molar-refractivity contribution in [1.29, 1.82) is 0 Å². The van der Waals surface area contributed by atoms with Crippen LogP contribution >= 0.6 is 0 Å². The number of hydrogen-bond acceptors (Lipinski definition) is 4. The van der Waals surface area contributed by atoms with Crippen LogP contribution in [0.25, 0.3) is 0 Å². The first-order valence-electron chi connectivity index (χ1n) is 7.67. The monoisotopic (exact) mass is 315 g/mol. The first kappa shape index (κ1) is 17.1. The van der Waals surface area contributed by atoms with Gasteiger partial charge in [0, 0.05) is 24.2 Å². The first-order valence-corrected chi connectivity index (χ1v) is 7.67. The van der Waals surface area contributed by atoms with E-state index in [0.29, 0.717) is 24.1 Å². The molecule has 0 amide bonds. The van der Waals surface area contributed by atoms with Gasteiger partial charge in [-0.3, -0.25) is 19.4 Å². The zero-order chi connectivity index (χ0) is 17.0. The number of hydrogen-bond donors (Lipinski definition) is 1. The number of carbonyl (C=O) groups is 3. The van der Waals surface area contributed by atoms with E-state index in [4.69, 9.17) is 5.11 Å². The van der Waals surface area contributed by atoms with Gasteiger partial charge < -0.3 is 5.11 Å². The Balaban J connectivity index is 2.30. The Morgan fingerprint density at radius 3 is 2.48 bits per heavy atom. The summed E-state index contributed by atoms with van der Waals surface area (Å²) in [5.41, 5.74) is 0.741. The van der Waals surface area contributed by atoms with E-state index in [-0.39, 0.29) is 29.9 Å². The zero-order valence-corrected chi connectivity index (χ0v) is 13.4. The molecule has 0 aliphatic heterocycles. The van der Waals surface area contributed by atoms with Crippen LogP contribution in [0.2, 0.25) is 0 Å². The Bertz CT molecular complexity index is 646. The van der Waals surface area contributed by atoms with E-state index < -0.39 is 11.9 Å². The first-order chi connectivity index (χ1) is 10.8. The van der Waals surface area contributed by atoms with Crippen LogP contribution in [0.4, 0.5) is 0 Å². The number of carboxylic acids is 1. The normalized spacial score (nSPS) is 22.1. The van der Waals surface area contributed by atoms with Crippen LogP contribution in [0.1, 0.15) is 43.5 Å². The van der Waals surface area contributed by atoms with Gasteiger partial charge >= 0.3 is 5.97 Å². The number of Topliss-reactive ketones (excluding diaryl/α,β-unsaturated/α-hetero) is 2. The van der Waals surface area contributed by atoms with Gasteiger partial charge in [0.2, 0.25) is 0 Å². The van der Waals surface area contributed by atoms with Gasteiger partial charge in [0.05, 0.1) is 6.42 Å². The Kier molecular flexibility index (Phi) is 5.08. The topological polar surface area (TPSA) is 83.8 Å². The molecule has 1 aliphatic rings. The Hall–Kier alpha value is -2.30. The molecule has 23 heavy (non-hydrogen) atoms. The molecule has 0 aromatic heterocycles. The second-order valence-electron chi connectivity index (χ2n) is 6.66. The quantitative estimate of drug-likeness (QED) is 0.669. The molecule has 0 spiro atoms. The number of carbonyl (C=O) groups excluding carboxylic acids is 2. The molecule has 1 aliphatic carbocycles. The largest absolute Gasteiger partial charge is 0.481 e. The summed E-state index contributed by atoms with van der Waals surface area (Å²) in [7, 11) is 0. The minimum absolute atomic E-state index is 0.0899. The van der Waals surface area contributed by atoms with Crippen molar-refractivity contribution < 1.29 is 19.5 Å². The molecule has 1 saturated carbocycles. The Morgan fingerprint density at radius 1 is 1.22 bits per heavy atom. The average Bonchev–Trinajstić information content (AvgIpc) is 2.46. The molecule has 1 aromatic rings. The summed E-state index contributed by atoms with van der Waals surface area (Å²) in [5, 5.41) is 8.75. The van der Waals surface area contributed by atoms with E-state index in [0.717, 1.165) is 0 Å². The van der Waals surface area contributed by atoms with Crippen LogP contribution in [0.5, 0.6) is 0 Å². The maximum atomic E-state index is 12.7. The third kappa shape index (κ3) is 4.34. The van der Waals surface area contributed by atoms with E-state index in [9.17, 15) is 14.4 Å². The minimum atomic E-state index is -0.943. The average molecular weight is 315 g/mol. The summed E-state index contributed by atoms with van der Waals surface area (Å²) in [6.07, 6.45) is 0.750. The summed E-state index contributed by atoms with van der Waals surface area (Å²) >= 11 is 0. The van der Waals surface area contributed by atoms with Crippen molar-refractivity contribution >= 4 is 23.2 Å². The predicted molar refractivity (Wildman–Crippen MR) is 86.8 cm³/mol. The molecule has 1 N–H and O–H groups in total. The Morgan fingerprint density at radius 2 is 1.87 bits per heavy atom. The molecule has 1 aromatic carbocycles. The van der Waals surface area contributed by atoms with Gasteiger partial charge in [0.1, 0.15) is 11.7 Å². The summed E-state index contributed by atoms with van der Waals surface area (Å²) in [6, 6.07) is 8.69. The van der Waals surface area contributed by atoms with Gasteiger partial charge in [-0.15, -0.1) is 0 Å². The Labute approximate surface area is 135 Å². The van der Waals surface area contributed by atoms with Gasteiger partial charge in [-0.2, -0.15) is 0 Å². The molecule has 1 fully saturated rings. The second-order valence-corrected chi connectivity index (χ2v) is 6.66. The summed E-state index contributed by atoms with van der Waals surface area (Å²) < 4.78 is 0. The van der Waals surface area contributed by atoms with Crippen molar-refractivity contribution in [3.8, 4) is 0 Å². The van der Waals surface area contributed by atoms with Crippen LogP contribution < -0.4 is 0 Å². The maximum absolute atomic E-state index is 12.7. The fourth-order valence-electron chi connectivity index (χ4n) is 2.92. The highest BCUT2D eigenvalue weighted by molar-refractivity contribution is 6.26. The second kappa shape index (κ2) is 6.86. The van der Waals surface area contributed by atoms with Crippen molar-refractivity contribution in [1.82, 2.24) is 0 Å². The number of ketones is 2. The van der Waals surface area contributed by atoms with E-state index >= 15 is 0 Å². The summed E-state index contributed by atoms with van der Waals surface area (Å²) in [5.74, 6) is -2.20. The molecule has 1 atom stereocenters. The lowest BCUT2D eigenvalue weighted by Crippen LogP contribution is -2.42. The molecule has 122 valence electrons. The fourth-order valence-corrected chi connectivity index (χ4v) is 2.92. The number of benzene rings is 1. The highest BCUT2D eigenvalue weighted by atomic mass is 16.4. The van der Waals surface area contributed by atoms with Crippen LogP contribution in [0, 0.1) is 11.3 Å². The van der Waals surface area contributed by atoms with Gasteiger partial charge in [0.25, 0.3) is 0 Å². The van der Waals surface area contributed by atoms with Crippen LogP contribution in [-0.2, 0) is 9.59 Å². The van der Waals surface area contributed by atoms with Gasteiger partial charge in [-0.1, -0.05) is 44.2 Å². The van der Waals surface area contributed by atoms with Crippen molar-refractivity contribution in [2.75, 3.05) is 6.54 Å². The van der Waals surface area contributed by atoms with Crippen molar-refractivity contribution in [3.05, 3.63) is 35.9 Å². The number of carboxylic acid groups (broad SMARTS) is 1. The molecule has 5 heteroatoms. The third-order valence-corrected chi connectivity index (χ3v) is 3.93. The number of aliphatic imine (C=N–C) groups is 1. The van der Waals surface area contributed by atoms with Gasteiger partial charge in [0.15, 0.2) is 5.78 Å². The van der Waals surface area contributed by atoms with E-state index in [1.54, 1.807) is 24.3 Å². The van der Waals surface area contributed by atoms with E-state index in [1.165, 1.54) is 0 Å². The highest BCUT2D eigenvalue weighted by Crippen LogP contribution is 2.35. The molecule has 0 heterocycles. The van der Waals surface area contributed by atoms with Crippen LogP contribution in [-0.4, -0.2) is 34.9 Å². The smallest absolute Gasteiger partial charge is 0.305 e. The molecular weight excluding hydrogens is 294 g/mol. The predicted octanol–water partition coefficient (Wildman–Crippen LogP) is 2.79. The maximum Gasteiger partial charge on any atom is 0.305 e. The lowest BCUT2D eigenvalue weighted by Gasteiger charge is -2.34. The molecule has 0 saturated heterocycles. The SMILES string of the molecule is CC1(C)CC(=O)C(C(=O)c2ccccc2)C(=NCCC(=O)O)C1. The highest BCUT2D eigenvalue weighted by Gasteiger charge is 2.41. The molecule has 0 radical (unpaired) electrons. The lowest BCUT2D eigenvalue weighted by atomic mass is 9.69. The molecule has 2 rings (SSSR count). The van der Waals surface area contributed by atoms with Crippen molar-refractivity contribution in [3.63, 3.8) is 0 Å². The lowest BCUT2D eigenvalue weighted by molar-refractivity contribution is -0.136. The van der Waals surface area contributed by atoms with Crippen molar-refractivity contribution in [2.45, 2.75) is 33.1 Å². The molecule has 1 unspecified atom stereocenters. The van der Waals surface area contributed by atoms with E-state index in [2.05, 4.69) is 4.99 Å². The summed E-state index contributed by atoms with van der Waals surface area (Å²) in [4.78, 5) is 40.2. The van der Waals surface area contributed by atoms with Crippen molar-refractivity contribution in [2.24, 2.45) is 16.3 Å². The third-order valence-electron chi connectivity index (χ3n) is 3.93. The zero-order valence-electron chi connectivity index (χ0n) is 13.4. The number of rotatable bonds is 5. The fraction of sp³-hybridized carbons (Fsp3) is 0.444. The van der Waals surface area contributed by atoms with Gasteiger partial charge in [-0.25, -0.2) is 0 Å². The van der Waals surface area contributed by atoms with Gasteiger partial charge in [-0.05, 0) is 11.8 Å². The molecular formula is C18H21NO4. The molecule has 5 nitrogen and oxygen atoms in total. The van der Waals surface area contributed by atoms with Crippen LogP contribution in [0.3, 0.4) is 0 Å². The van der Waals surface area contributed by atoms with Crippen LogP contribution in [0.15, 0.2) is 35.3 Å². The standard InChI is InChI=1S/C18H21NO4/c1-18(2)10-13(19-9-8-15(21)22)16(14(20)11-18)17(23)12-6-4-3-5-7-12/h3-7,16H,8-11H2,1-2H3,(H,21,22). The molecule has 0 bridgehead atoms. The van der Waals surface area contributed by atoms with E-state index in [1.807, 2.05) is 19.9 Å².